The number of hydrogen-bond acceptors (Lipinski definition) is 5. The lowest BCUT2D eigenvalue weighted by Gasteiger charge is -2.28. The Labute approximate surface area is 178 Å². The average Bonchev–Trinajstić information content (AvgIpc) is 3.06. The molecule has 1 atom stereocenters. The lowest BCUT2D eigenvalue weighted by molar-refractivity contribution is -0.112. The fourth-order valence-electron chi connectivity index (χ4n) is 3.86. The van der Waals surface area contributed by atoms with E-state index in [0.717, 1.165) is 5.56 Å². The number of aromatic nitrogens is 1. The molecule has 0 fully saturated rings. The predicted octanol–water partition coefficient (Wildman–Crippen LogP) is 4.94. The highest BCUT2D eigenvalue weighted by molar-refractivity contribution is 6.01. The molecule has 1 aliphatic rings. The van der Waals surface area contributed by atoms with E-state index in [4.69, 9.17) is 14.2 Å². The normalized spacial score (nSPS) is 15.2. The summed E-state index contributed by atoms with van der Waals surface area (Å²) < 4.78 is 31.3. The third-order valence-electron chi connectivity index (χ3n) is 5.25. The Morgan fingerprint density at radius 1 is 1.19 bits per heavy atom. The molecular weight excluding hydrogens is 401 g/mol. The number of carbonyl (C=O) groups is 2. The second kappa shape index (κ2) is 8.35. The van der Waals surface area contributed by atoms with Crippen molar-refractivity contribution in [2.75, 3.05) is 0 Å². The Kier molecular flexibility index (Phi) is 5.61. The molecule has 3 aromatic rings. The van der Waals surface area contributed by atoms with E-state index in [1.54, 1.807) is 13.8 Å². The molecule has 2 aromatic carbocycles. The van der Waals surface area contributed by atoms with Crippen molar-refractivity contribution in [3.8, 4) is 5.75 Å². The van der Waals surface area contributed by atoms with Gasteiger partial charge in [0.05, 0.1) is 6.61 Å². The van der Waals surface area contributed by atoms with Crippen LogP contribution in [-0.2, 0) is 22.7 Å². The maximum absolute atomic E-state index is 14.1. The molecule has 0 unspecified atom stereocenters. The van der Waals surface area contributed by atoms with Crippen LogP contribution in [0.25, 0.3) is 0 Å². The van der Waals surface area contributed by atoms with E-state index in [0.29, 0.717) is 33.7 Å². The Balaban J connectivity index is 1.56. The van der Waals surface area contributed by atoms with Crippen LogP contribution >= 0.6 is 0 Å². The van der Waals surface area contributed by atoms with Gasteiger partial charge >= 0.3 is 5.97 Å². The summed E-state index contributed by atoms with van der Waals surface area (Å²) in [6.07, 6.45) is -0.639. The van der Waals surface area contributed by atoms with Crippen LogP contribution in [0.2, 0.25) is 0 Å². The Morgan fingerprint density at radius 2 is 1.94 bits per heavy atom. The van der Waals surface area contributed by atoms with Gasteiger partial charge in [-0.25, -0.2) is 9.18 Å². The number of fused-ring (bicyclic) bond motifs is 1. The quantitative estimate of drug-likeness (QED) is 0.465. The first-order valence-electron chi connectivity index (χ1n) is 9.87. The zero-order valence-corrected chi connectivity index (χ0v) is 17.5. The molecule has 0 radical (unpaired) electrons. The summed E-state index contributed by atoms with van der Waals surface area (Å²) in [5.41, 5.74) is 3.59. The van der Waals surface area contributed by atoms with Crippen molar-refractivity contribution in [1.82, 2.24) is 4.98 Å². The fraction of sp³-hybridized carbons (Fsp3) is 0.250. The number of carbonyl (C=O) groups excluding carboxylic acids is 2. The number of aromatic amines is 1. The Hall–Kier alpha value is -3.45. The fourth-order valence-corrected chi connectivity index (χ4v) is 3.86. The van der Waals surface area contributed by atoms with Crippen molar-refractivity contribution >= 4 is 11.8 Å². The van der Waals surface area contributed by atoms with Gasteiger partial charge in [0.1, 0.15) is 23.9 Å². The van der Waals surface area contributed by atoms with Crippen LogP contribution in [0.15, 0.2) is 42.5 Å². The van der Waals surface area contributed by atoms with Gasteiger partial charge in [-0.05, 0) is 38.5 Å². The molecule has 0 saturated heterocycles. The molecule has 31 heavy (non-hydrogen) atoms. The molecule has 1 aromatic heterocycles. The van der Waals surface area contributed by atoms with E-state index >= 15 is 0 Å². The summed E-state index contributed by atoms with van der Waals surface area (Å²) in [4.78, 5) is 27.4. The molecule has 6 nitrogen and oxygen atoms in total. The zero-order valence-electron chi connectivity index (χ0n) is 17.5. The van der Waals surface area contributed by atoms with Crippen LogP contribution < -0.4 is 4.74 Å². The highest BCUT2D eigenvalue weighted by atomic mass is 19.1. The van der Waals surface area contributed by atoms with Gasteiger partial charge in [0.25, 0.3) is 0 Å². The molecule has 4 rings (SSSR count). The van der Waals surface area contributed by atoms with E-state index in [-0.39, 0.29) is 24.7 Å². The number of H-pyrrole nitrogens is 1. The minimum absolute atomic E-state index is 0.134. The van der Waals surface area contributed by atoms with Gasteiger partial charge in [-0.1, -0.05) is 30.3 Å². The number of hydrogen-bond donors (Lipinski definition) is 1. The number of esters is 1. The van der Waals surface area contributed by atoms with Gasteiger partial charge in [-0.2, -0.15) is 0 Å². The van der Waals surface area contributed by atoms with Crippen molar-refractivity contribution in [1.29, 1.82) is 0 Å². The zero-order chi connectivity index (χ0) is 22.1. The second-order valence-electron chi connectivity index (χ2n) is 7.48. The number of rotatable bonds is 5. The molecular formula is C24H22FNO5. The topological polar surface area (TPSA) is 77.6 Å². The summed E-state index contributed by atoms with van der Waals surface area (Å²) in [5.74, 6) is -0.790. The van der Waals surface area contributed by atoms with Crippen molar-refractivity contribution in [3.63, 3.8) is 0 Å². The number of Topliss-reactive ketones (excluding diaryl/α,β-unsaturated/α-hetero) is 1. The van der Waals surface area contributed by atoms with Crippen LogP contribution in [0, 0.1) is 19.7 Å². The highest BCUT2D eigenvalue weighted by Gasteiger charge is 2.26. The maximum atomic E-state index is 14.1. The average molecular weight is 423 g/mol. The van der Waals surface area contributed by atoms with Crippen molar-refractivity contribution in [2.24, 2.45) is 0 Å². The van der Waals surface area contributed by atoms with Crippen LogP contribution in [0.5, 0.6) is 5.75 Å². The van der Waals surface area contributed by atoms with E-state index in [2.05, 4.69) is 4.98 Å². The molecule has 1 aliphatic heterocycles. The number of ketones is 1. The van der Waals surface area contributed by atoms with E-state index in [9.17, 15) is 14.0 Å². The second-order valence-corrected chi connectivity index (χ2v) is 7.48. The summed E-state index contributed by atoms with van der Waals surface area (Å²) >= 11 is 0. The summed E-state index contributed by atoms with van der Waals surface area (Å²) in [5, 5.41) is 0. The van der Waals surface area contributed by atoms with Crippen molar-refractivity contribution < 1.29 is 28.2 Å². The maximum Gasteiger partial charge on any atom is 0.355 e. The third-order valence-corrected chi connectivity index (χ3v) is 5.25. The monoisotopic (exact) mass is 423 g/mol. The molecule has 7 heteroatoms. The highest BCUT2D eigenvalue weighted by Crippen LogP contribution is 2.37. The van der Waals surface area contributed by atoms with Gasteiger partial charge < -0.3 is 19.2 Å². The number of halogens is 1. The van der Waals surface area contributed by atoms with E-state index < -0.39 is 18.1 Å². The first-order valence-corrected chi connectivity index (χ1v) is 9.87. The van der Waals surface area contributed by atoms with Crippen LogP contribution in [0.3, 0.4) is 0 Å². The van der Waals surface area contributed by atoms with Gasteiger partial charge in [-0.3, -0.25) is 4.79 Å². The molecule has 0 aliphatic carbocycles. The molecule has 0 amide bonds. The van der Waals surface area contributed by atoms with Crippen LogP contribution in [-0.4, -0.2) is 16.7 Å². The van der Waals surface area contributed by atoms with Gasteiger partial charge in [-0.15, -0.1) is 0 Å². The van der Waals surface area contributed by atoms with Crippen molar-refractivity contribution in [2.45, 2.75) is 40.3 Å². The lowest BCUT2D eigenvalue weighted by Crippen LogP contribution is -2.20. The summed E-state index contributed by atoms with van der Waals surface area (Å²) in [6, 6.07) is 12.0. The van der Waals surface area contributed by atoms with E-state index in [1.807, 2.05) is 30.3 Å². The predicted molar refractivity (Wildman–Crippen MR) is 110 cm³/mol. The van der Waals surface area contributed by atoms with Gasteiger partial charge in [0.2, 0.25) is 6.29 Å². The molecule has 0 bridgehead atoms. The smallest absolute Gasteiger partial charge is 0.355 e. The number of benzene rings is 2. The number of aryl methyl sites for hydroxylation is 1. The molecule has 2 heterocycles. The first-order chi connectivity index (χ1) is 14.8. The third kappa shape index (κ3) is 4.09. The number of nitrogens with one attached hydrogen (secondary N) is 1. The van der Waals surface area contributed by atoms with E-state index in [1.165, 1.54) is 19.1 Å². The van der Waals surface area contributed by atoms with Crippen LogP contribution in [0.4, 0.5) is 4.39 Å². The minimum Gasteiger partial charge on any atom is -0.460 e. The Bertz CT molecular complexity index is 1150. The Morgan fingerprint density at radius 3 is 2.61 bits per heavy atom. The number of ether oxygens (including phenoxy) is 3. The summed E-state index contributed by atoms with van der Waals surface area (Å²) in [7, 11) is 0. The van der Waals surface area contributed by atoms with Crippen molar-refractivity contribution in [3.05, 3.63) is 87.5 Å². The standard InChI is InChI=1S/C24H22FNO5/c1-13-20(15(3)27)14(2)26-21(13)23(28)29-11-17-9-19(25)10-18-12-30-24(31-22(17)18)16-7-5-4-6-8-16/h4-10,24,26H,11-12H2,1-3H3/t24-/m0/s1. The SMILES string of the molecule is CC(=O)c1c(C)[nH]c(C(=O)OCc2cc(F)cc3c2O[C@@H](c2ccccc2)OC3)c1C. The molecule has 0 saturated carbocycles. The minimum atomic E-state index is -0.639. The first kappa shape index (κ1) is 20.8. The lowest BCUT2D eigenvalue weighted by atomic mass is 10.1. The van der Waals surface area contributed by atoms with Gasteiger partial charge in [0.15, 0.2) is 5.78 Å². The molecule has 1 N–H and O–H groups in total. The van der Waals surface area contributed by atoms with Gasteiger partial charge in [0, 0.05) is 27.9 Å². The molecule has 0 spiro atoms. The largest absolute Gasteiger partial charge is 0.460 e. The van der Waals surface area contributed by atoms with Crippen LogP contribution in [0.1, 0.15) is 62.0 Å². The molecule has 160 valence electrons. The summed E-state index contributed by atoms with van der Waals surface area (Å²) in [6.45, 7) is 4.84.